The van der Waals surface area contributed by atoms with E-state index in [4.69, 9.17) is 9.47 Å². The van der Waals surface area contributed by atoms with Gasteiger partial charge in [0.25, 0.3) is 5.91 Å². The van der Waals surface area contributed by atoms with E-state index in [1.807, 2.05) is 6.92 Å². The van der Waals surface area contributed by atoms with Gasteiger partial charge in [0.05, 0.1) is 20.3 Å². The van der Waals surface area contributed by atoms with Crippen molar-refractivity contribution in [2.24, 2.45) is 0 Å². The third kappa shape index (κ3) is 5.01. The highest BCUT2D eigenvalue weighted by atomic mass is 16.5. The molecule has 0 aliphatic carbocycles. The van der Waals surface area contributed by atoms with Gasteiger partial charge in [-0.15, -0.1) is 0 Å². The Bertz CT molecular complexity index is 698. The molecule has 24 heavy (non-hydrogen) atoms. The van der Waals surface area contributed by atoms with Crippen molar-refractivity contribution in [3.05, 3.63) is 54.1 Å². The van der Waals surface area contributed by atoms with Crippen LogP contribution in [0.1, 0.15) is 17.3 Å². The molecule has 0 aliphatic rings. The zero-order chi connectivity index (χ0) is 17.4. The maximum absolute atomic E-state index is 12.0. The van der Waals surface area contributed by atoms with Crippen molar-refractivity contribution in [3.8, 4) is 11.5 Å². The highest BCUT2D eigenvalue weighted by molar-refractivity contribution is 5.99. The minimum absolute atomic E-state index is 0.122. The second kappa shape index (κ2) is 8.57. The van der Waals surface area contributed by atoms with Gasteiger partial charge < -0.3 is 20.1 Å². The largest absolute Gasteiger partial charge is 0.497 e. The van der Waals surface area contributed by atoms with Crippen LogP contribution in [-0.2, 0) is 4.79 Å². The fourth-order valence-corrected chi connectivity index (χ4v) is 2.04. The molecule has 0 unspecified atom stereocenters. The lowest BCUT2D eigenvalue weighted by molar-refractivity contribution is -0.115. The van der Waals surface area contributed by atoms with Crippen LogP contribution >= 0.6 is 0 Å². The fourth-order valence-electron chi connectivity index (χ4n) is 2.04. The molecular weight excluding hydrogens is 308 g/mol. The molecule has 0 radical (unpaired) electrons. The Morgan fingerprint density at radius 1 is 1.04 bits per heavy atom. The van der Waals surface area contributed by atoms with Crippen LogP contribution in [0.3, 0.4) is 0 Å². The number of carbonyl (C=O) groups excluding carboxylic acids is 2. The molecule has 0 aliphatic heterocycles. The molecule has 6 nitrogen and oxygen atoms in total. The van der Waals surface area contributed by atoms with E-state index in [0.29, 0.717) is 29.4 Å². The van der Waals surface area contributed by atoms with E-state index in [0.717, 1.165) is 0 Å². The topological polar surface area (TPSA) is 76.7 Å². The fraction of sp³-hybridized carbons (Fsp3) is 0.222. The summed E-state index contributed by atoms with van der Waals surface area (Å²) >= 11 is 0. The Balaban J connectivity index is 1.85. The zero-order valence-corrected chi connectivity index (χ0v) is 13.7. The number of rotatable bonds is 7. The molecule has 126 valence electrons. The van der Waals surface area contributed by atoms with Gasteiger partial charge in [-0.05, 0) is 43.3 Å². The van der Waals surface area contributed by atoms with E-state index < -0.39 is 0 Å². The molecule has 6 heteroatoms. The summed E-state index contributed by atoms with van der Waals surface area (Å²) in [4.78, 5) is 23.9. The highest BCUT2D eigenvalue weighted by Crippen LogP contribution is 2.16. The molecule has 2 rings (SSSR count). The van der Waals surface area contributed by atoms with Crippen molar-refractivity contribution in [3.63, 3.8) is 0 Å². The number of anilines is 1. The summed E-state index contributed by atoms with van der Waals surface area (Å²) in [6.45, 7) is 2.33. The number of hydrogen-bond donors (Lipinski definition) is 2. The van der Waals surface area contributed by atoms with Crippen molar-refractivity contribution in [1.29, 1.82) is 0 Å². The van der Waals surface area contributed by atoms with Crippen molar-refractivity contribution < 1.29 is 19.1 Å². The number of carbonyl (C=O) groups is 2. The van der Waals surface area contributed by atoms with Crippen LogP contribution < -0.4 is 20.1 Å². The summed E-state index contributed by atoms with van der Waals surface area (Å²) in [5.74, 6) is 0.706. The molecule has 2 amide bonds. The maximum atomic E-state index is 12.0. The Morgan fingerprint density at radius 2 is 1.79 bits per heavy atom. The van der Waals surface area contributed by atoms with Crippen LogP contribution in [0.4, 0.5) is 5.69 Å². The van der Waals surface area contributed by atoms with E-state index in [-0.39, 0.29) is 18.4 Å². The van der Waals surface area contributed by atoms with Gasteiger partial charge in [-0.25, -0.2) is 0 Å². The van der Waals surface area contributed by atoms with Crippen LogP contribution in [0.5, 0.6) is 11.5 Å². The first kappa shape index (κ1) is 17.3. The van der Waals surface area contributed by atoms with Crippen LogP contribution in [0.2, 0.25) is 0 Å². The summed E-state index contributed by atoms with van der Waals surface area (Å²) in [6, 6.07) is 13.7. The van der Waals surface area contributed by atoms with Gasteiger partial charge in [-0.3, -0.25) is 9.59 Å². The molecule has 2 N–H and O–H groups in total. The van der Waals surface area contributed by atoms with E-state index >= 15 is 0 Å². The van der Waals surface area contributed by atoms with Crippen LogP contribution in [0, 0.1) is 0 Å². The lowest BCUT2D eigenvalue weighted by atomic mass is 10.2. The summed E-state index contributed by atoms with van der Waals surface area (Å²) < 4.78 is 10.4. The summed E-state index contributed by atoms with van der Waals surface area (Å²) in [7, 11) is 1.55. The quantitative estimate of drug-likeness (QED) is 0.818. The number of amides is 2. The number of methoxy groups -OCH3 is 1. The standard InChI is InChI=1S/C18H20N2O4/c1-3-24-15-9-7-13(8-10-15)18(22)19-12-17(21)20-14-5-4-6-16(11-14)23-2/h4-11H,3,12H2,1-2H3,(H,19,22)(H,20,21). The predicted octanol–water partition coefficient (Wildman–Crippen LogP) is 2.46. The second-order valence-corrected chi connectivity index (χ2v) is 4.92. The molecule has 0 saturated carbocycles. The minimum atomic E-state index is -0.321. The molecule has 2 aromatic carbocycles. The first-order chi connectivity index (χ1) is 11.6. The van der Waals surface area contributed by atoms with Gasteiger partial charge >= 0.3 is 0 Å². The molecule has 0 aromatic heterocycles. The average Bonchev–Trinajstić information content (AvgIpc) is 2.61. The summed E-state index contributed by atoms with van der Waals surface area (Å²) in [5, 5.41) is 5.27. The highest BCUT2D eigenvalue weighted by Gasteiger charge is 2.09. The van der Waals surface area contributed by atoms with Gasteiger partial charge in [0.15, 0.2) is 0 Å². The van der Waals surface area contributed by atoms with Gasteiger partial charge in [0.1, 0.15) is 11.5 Å². The zero-order valence-electron chi connectivity index (χ0n) is 13.7. The minimum Gasteiger partial charge on any atom is -0.497 e. The van der Waals surface area contributed by atoms with Gasteiger partial charge in [0, 0.05) is 17.3 Å². The maximum Gasteiger partial charge on any atom is 0.251 e. The van der Waals surface area contributed by atoms with E-state index in [2.05, 4.69) is 10.6 Å². The Hall–Kier alpha value is -3.02. The van der Waals surface area contributed by atoms with E-state index in [1.165, 1.54) is 0 Å². The average molecular weight is 328 g/mol. The summed E-state index contributed by atoms with van der Waals surface area (Å²) in [6.07, 6.45) is 0. The van der Waals surface area contributed by atoms with Crippen molar-refractivity contribution in [1.82, 2.24) is 5.32 Å². The molecular formula is C18H20N2O4. The lowest BCUT2D eigenvalue weighted by Gasteiger charge is -2.09. The molecule has 0 heterocycles. The molecule has 0 bridgehead atoms. The van der Waals surface area contributed by atoms with Gasteiger partial charge in [0.2, 0.25) is 5.91 Å². The monoisotopic (exact) mass is 328 g/mol. The smallest absolute Gasteiger partial charge is 0.251 e. The third-order valence-electron chi connectivity index (χ3n) is 3.19. The second-order valence-electron chi connectivity index (χ2n) is 4.92. The number of hydrogen-bond acceptors (Lipinski definition) is 4. The van der Waals surface area contributed by atoms with Crippen molar-refractivity contribution in [2.45, 2.75) is 6.92 Å². The molecule has 2 aromatic rings. The van der Waals surface area contributed by atoms with Crippen LogP contribution in [0.15, 0.2) is 48.5 Å². The number of benzene rings is 2. The number of ether oxygens (including phenoxy) is 2. The Morgan fingerprint density at radius 3 is 2.46 bits per heavy atom. The van der Waals surface area contributed by atoms with Crippen molar-refractivity contribution in [2.75, 3.05) is 25.6 Å². The van der Waals surface area contributed by atoms with Crippen molar-refractivity contribution >= 4 is 17.5 Å². The van der Waals surface area contributed by atoms with Gasteiger partial charge in [-0.2, -0.15) is 0 Å². The molecule has 0 saturated heterocycles. The number of nitrogens with one attached hydrogen (secondary N) is 2. The molecule has 0 fully saturated rings. The Labute approximate surface area is 140 Å². The van der Waals surface area contributed by atoms with Gasteiger partial charge in [-0.1, -0.05) is 6.07 Å². The van der Waals surface area contributed by atoms with Crippen LogP contribution in [0.25, 0.3) is 0 Å². The Kier molecular flexibility index (Phi) is 6.19. The van der Waals surface area contributed by atoms with Crippen LogP contribution in [-0.4, -0.2) is 32.1 Å². The molecule has 0 spiro atoms. The first-order valence-corrected chi connectivity index (χ1v) is 7.57. The molecule has 0 atom stereocenters. The predicted molar refractivity (Wildman–Crippen MR) is 91.6 cm³/mol. The lowest BCUT2D eigenvalue weighted by Crippen LogP contribution is -2.32. The SMILES string of the molecule is CCOc1ccc(C(=O)NCC(=O)Nc2cccc(OC)c2)cc1. The van der Waals surface area contributed by atoms with E-state index in [9.17, 15) is 9.59 Å². The normalized spacial score (nSPS) is 9.92. The van der Waals surface area contributed by atoms with E-state index in [1.54, 1.807) is 55.6 Å². The summed E-state index contributed by atoms with van der Waals surface area (Å²) in [5.41, 5.74) is 1.07. The third-order valence-corrected chi connectivity index (χ3v) is 3.19. The first-order valence-electron chi connectivity index (χ1n) is 7.57.